The maximum Gasteiger partial charge on any atom is 0.0441 e. The van der Waals surface area contributed by atoms with Gasteiger partial charge in [-0.1, -0.05) is 13.8 Å². The number of nitrogens with two attached hydrogens (primary N) is 2. The van der Waals surface area contributed by atoms with Crippen LogP contribution in [-0.4, -0.2) is 11.1 Å². The second-order valence-corrected chi connectivity index (χ2v) is 4.34. The summed E-state index contributed by atoms with van der Waals surface area (Å²) in [7, 11) is 0. The standard InChI is InChI=1S/C10H21N3/c1-7(2)8(3)13(12)6-10(11)9-4-5-9/h6-9H,4-5,11-12H2,1-3H3/b10-6-. The van der Waals surface area contributed by atoms with Crippen molar-refractivity contribution in [2.24, 2.45) is 23.4 Å². The zero-order valence-corrected chi connectivity index (χ0v) is 8.83. The first-order valence-electron chi connectivity index (χ1n) is 5.02. The molecule has 4 N–H and O–H groups in total. The van der Waals surface area contributed by atoms with Crippen molar-refractivity contribution in [3.8, 4) is 0 Å². The zero-order chi connectivity index (χ0) is 10.0. The molecule has 3 nitrogen and oxygen atoms in total. The molecular weight excluding hydrogens is 162 g/mol. The third-order valence-corrected chi connectivity index (χ3v) is 2.78. The molecule has 0 aromatic heterocycles. The first-order chi connectivity index (χ1) is 6.02. The van der Waals surface area contributed by atoms with Crippen LogP contribution < -0.4 is 11.6 Å². The van der Waals surface area contributed by atoms with E-state index in [1.54, 1.807) is 5.01 Å². The lowest BCUT2D eigenvalue weighted by Gasteiger charge is -2.26. The summed E-state index contributed by atoms with van der Waals surface area (Å²) in [6.45, 7) is 6.43. The van der Waals surface area contributed by atoms with Gasteiger partial charge in [0.05, 0.1) is 0 Å². The molecule has 13 heavy (non-hydrogen) atoms. The van der Waals surface area contributed by atoms with Gasteiger partial charge in [-0.25, -0.2) is 5.84 Å². The average molecular weight is 183 g/mol. The highest BCUT2D eigenvalue weighted by molar-refractivity contribution is 5.07. The van der Waals surface area contributed by atoms with E-state index in [9.17, 15) is 0 Å². The Kier molecular flexibility index (Phi) is 3.20. The van der Waals surface area contributed by atoms with Gasteiger partial charge in [-0.2, -0.15) is 0 Å². The van der Waals surface area contributed by atoms with E-state index in [-0.39, 0.29) is 0 Å². The maximum atomic E-state index is 5.86. The van der Waals surface area contributed by atoms with Gasteiger partial charge in [-0.15, -0.1) is 0 Å². The van der Waals surface area contributed by atoms with Crippen LogP contribution in [0.4, 0.5) is 0 Å². The number of nitrogens with zero attached hydrogens (tertiary/aromatic N) is 1. The van der Waals surface area contributed by atoms with E-state index >= 15 is 0 Å². The van der Waals surface area contributed by atoms with Crippen LogP contribution in [0.3, 0.4) is 0 Å². The Morgan fingerprint density at radius 3 is 2.31 bits per heavy atom. The summed E-state index contributed by atoms with van der Waals surface area (Å²) in [6, 6.07) is 0.345. The predicted octanol–water partition coefficient (Wildman–Crippen LogP) is 1.42. The van der Waals surface area contributed by atoms with E-state index in [2.05, 4.69) is 20.8 Å². The largest absolute Gasteiger partial charge is 0.401 e. The van der Waals surface area contributed by atoms with Crippen LogP contribution in [0.5, 0.6) is 0 Å². The molecule has 3 heteroatoms. The molecule has 1 fully saturated rings. The zero-order valence-electron chi connectivity index (χ0n) is 8.83. The summed E-state index contributed by atoms with van der Waals surface area (Å²) in [5.74, 6) is 7.01. The molecular formula is C10H21N3. The van der Waals surface area contributed by atoms with Crippen LogP contribution in [0.15, 0.2) is 11.9 Å². The van der Waals surface area contributed by atoms with Crippen LogP contribution >= 0.6 is 0 Å². The summed E-state index contributed by atoms with van der Waals surface area (Å²) in [5, 5.41) is 1.73. The van der Waals surface area contributed by atoms with Crippen molar-refractivity contribution in [2.45, 2.75) is 39.7 Å². The van der Waals surface area contributed by atoms with Crippen molar-refractivity contribution in [3.05, 3.63) is 11.9 Å². The molecule has 76 valence electrons. The third-order valence-electron chi connectivity index (χ3n) is 2.78. The van der Waals surface area contributed by atoms with Gasteiger partial charge in [0.1, 0.15) is 0 Å². The molecule has 1 saturated carbocycles. The van der Waals surface area contributed by atoms with Gasteiger partial charge in [0.25, 0.3) is 0 Å². The van der Waals surface area contributed by atoms with E-state index in [1.807, 2.05) is 6.20 Å². The summed E-state index contributed by atoms with van der Waals surface area (Å²) < 4.78 is 0. The minimum Gasteiger partial charge on any atom is -0.401 e. The molecule has 0 aliphatic heterocycles. The molecule has 0 amide bonds. The molecule has 1 unspecified atom stereocenters. The summed E-state index contributed by atoms with van der Waals surface area (Å²) in [5.41, 5.74) is 6.80. The molecule has 1 atom stereocenters. The van der Waals surface area contributed by atoms with Crippen molar-refractivity contribution in [1.82, 2.24) is 5.01 Å². The SMILES string of the molecule is CC(C)C(C)N(N)/C=C(\N)C1CC1. The van der Waals surface area contributed by atoms with E-state index in [0.29, 0.717) is 17.9 Å². The fourth-order valence-corrected chi connectivity index (χ4v) is 1.16. The normalized spacial score (nSPS) is 20.5. The van der Waals surface area contributed by atoms with Gasteiger partial charge in [0, 0.05) is 23.9 Å². The number of hydrogen-bond donors (Lipinski definition) is 2. The topological polar surface area (TPSA) is 55.3 Å². The Morgan fingerprint density at radius 1 is 1.38 bits per heavy atom. The second-order valence-electron chi connectivity index (χ2n) is 4.34. The van der Waals surface area contributed by atoms with Crippen molar-refractivity contribution in [2.75, 3.05) is 0 Å². The molecule has 0 heterocycles. The van der Waals surface area contributed by atoms with Gasteiger partial charge in [0.15, 0.2) is 0 Å². The predicted molar refractivity (Wildman–Crippen MR) is 55.3 cm³/mol. The van der Waals surface area contributed by atoms with E-state index in [1.165, 1.54) is 12.8 Å². The monoisotopic (exact) mass is 183 g/mol. The molecule has 0 saturated heterocycles. The lowest BCUT2D eigenvalue weighted by Crippen LogP contribution is -2.38. The van der Waals surface area contributed by atoms with Gasteiger partial charge >= 0.3 is 0 Å². The Bertz CT molecular complexity index is 194. The van der Waals surface area contributed by atoms with Crippen molar-refractivity contribution in [3.63, 3.8) is 0 Å². The highest BCUT2D eigenvalue weighted by Gasteiger charge is 2.24. The minimum atomic E-state index is 0.345. The Hall–Kier alpha value is -0.700. The number of allylic oxidation sites excluding steroid dienone is 1. The Balaban J connectivity index is 2.46. The van der Waals surface area contributed by atoms with Gasteiger partial charge in [-0.05, 0) is 25.7 Å². The first kappa shape index (κ1) is 10.4. The number of rotatable bonds is 4. The highest BCUT2D eigenvalue weighted by atomic mass is 15.4. The van der Waals surface area contributed by atoms with Crippen LogP contribution in [0.1, 0.15) is 33.6 Å². The van der Waals surface area contributed by atoms with Gasteiger partial charge in [-0.3, -0.25) is 0 Å². The Labute approximate surface area is 80.7 Å². The summed E-state index contributed by atoms with van der Waals surface area (Å²) in [4.78, 5) is 0. The fraction of sp³-hybridized carbons (Fsp3) is 0.800. The average Bonchev–Trinajstić information content (AvgIpc) is 2.84. The highest BCUT2D eigenvalue weighted by Crippen LogP contribution is 2.33. The molecule has 0 spiro atoms. The van der Waals surface area contributed by atoms with Crippen molar-refractivity contribution < 1.29 is 0 Å². The minimum absolute atomic E-state index is 0.345. The van der Waals surface area contributed by atoms with E-state index in [0.717, 1.165) is 5.70 Å². The molecule has 0 radical (unpaired) electrons. The van der Waals surface area contributed by atoms with E-state index < -0.39 is 0 Å². The van der Waals surface area contributed by atoms with Crippen LogP contribution in [0, 0.1) is 11.8 Å². The van der Waals surface area contributed by atoms with Gasteiger partial charge in [0.2, 0.25) is 0 Å². The second kappa shape index (κ2) is 4.01. The molecule has 0 bridgehead atoms. The van der Waals surface area contributed by atoms with Crippen molar-refractivity contribution >= 4 is 0 Å². The third kappa shape index (κ3) is 2.92. The lowest BCUT2D eigenvalue weighted by molar-refractivity contribution is 0.240. The smallest absolute Gasteiger partial charge is 0.0441 e. The quantitative estimate of drug-likeness (QED) is 0.512. The summed E-state index contributed by atoms with van der Waals surface area (Å²) >= 11 is 0. The first-order valence-corrected chi connectivity index (χ1v) is 5.02. The molecule has 0 aromatic carbocycles. The molecule has 1 rings (SSSR count). The van der Waals surface area contributed by atoms with Crippen LogP contribution in [0.25, 0.3) is 0 Å². The molecule has 1 aliphatic carbocycles. The fourth-order valence-electron chi connectivity index (χ4n) is 1.16. The van der Waals surface area contributed by atoms with Crippen LogP contribution in [0.2, 0.25) is 0 Å². The van der Waals surface area contributed by atoms with Crippen LogP contribution in [-0.2, 0) is 0 Å². The molecule has 0 aromatic rings. The van der Waals surface area contributed by atoms with Gasteiger partial charge < -0.3 is 10.7 Å². The maximum absolute atomic E-state index is 5.86. The Morgan fingerprint density at radius 2 is 1.92 bits per heavy atom. The summed E-state index contributed by atoms with van der Waals surface area (Å²) in [6.07, 6.45) is 4.35. The molecule has 1 aliphatic rings. The lowest BCUT2D eigenvalue weighted by atomic mass is 10.1. The number of hydrazine groups is 1. The van der Waals surface area contributed by atoms with Crippen molar-refractivity contribution in [1.29, 1.82) is 0 Å². The number of hydrogen-bond acceptors (Lipinski definition) is 3. The van der Waals surface area contributed by atoms with E-state index in [4.69, 9.17) is 11.6 Å².